The van der Waals surface area contributed by atoms with Crippen molar-refractivity contribution in [3.05, 3.63) is 0 Å². The molecule has 1 aliphatic carbocycles. The molecule has 0 aromatic heterocycles. The summed E-state index contributed by atoms with van der Waals surface area (Å²) in [5.74, 6) is 1.06. The van der Waals surface area contributed by atoms with Crippen molar-refractivity contribution >= 4 is 0 Å². The summed E-state index contributed by atoms with van der Waals surface area (Å²) in [6.45, 7) is 9.22. The maximum Gasteiger partial charge on any atom is 0.0123 e. The SMILES string of the molecule is CCC.CCN1CCCC2CCCCC21. The number of rotatable bonds is 1. The molecule has 0 amide bonds. The molecular formula is C14H29N. The van der Waals surface area contributed by atoms with Crippen LogP contribution < -0.4 is 0 Å². The van der Waals surface area contributed by atoms with Gasteiger partial charge < -0.3 is 4.90 Å². The average molecular weight is 211 g/mol. The first-order chi connectivity index (χ1) is 7.33. The van der Waals surface area contributed by atoms with Crippen LogP contribution in [0.1, 0.15) is 65.7 Å². The first kappa shape index (κ1) is 13.0. The van der Waals surface area contributed by atoms with E-state index < -0.39 is 0 Å². The zero-order chi connectivity index (χ0) is 11.1. The van der Waals surface area contributed by atoms with Gasteiger partial charge >= 0.3 is 0 Å². The molecule has 15 heavy (non-hydrogen) atoms. The minimum absolute atomic E-state index is 0.970. The molecule has 0 aromatic carbocycles. The molecule has 1 aliphatic heterocycles. The van der Waals surface area contributed by atoms with Gasteiger partial charge in [0, 0.05) is 6.04 Å². The summed E-state index contributed by atoms with van der Waals surface area (Å²) in [4.78, 5) is 2.72. The summed E-state index contributed by atoms with van der Waals surface area (Å²) in [5, 5.41) is 0. The maximum absolute atomic E-state index is 2.72. The molecule has 0 spiro atoms. The highest BCUT2D eigenvalue weighted by atomic mass is 15.2. The molecule has 2 fully saturated rings. The molecule has 1 heterocycles. The van der Waals surface area contributed by atoms with Gasteiger partial charge in [-0.15, -0.1) is 0 Å². The van der Waals surface area contributed by atoms with Crippen molar-refractivity contribution in [2.45, 2.75) is 71.8 Å². The molecule has 0 aromatic rings. The van der Waals surface area contributed by atoms with E-state index in [0.717, 1.165) is 12.0 Å². The first-order valence-corrected chi connectivity index (χ1v) is 7.07. The lowest BCUT2D eigenvalue weighted by atomic mass is 9.78. The van der Waals surface area contributed by atoms with Crippen LogP contribution >= 0.6 is 0 Å². The predicted molar refractivity (Wildman–Crippen MR) is 68.2 cm³/mol. The second kappa shape index (κ2) is 7.27. The van der Waals surface area contributed by atoms with E-state index in [0.29, 0.717) is 0 Å². The largest absolute Gasteiger partial charge is 0.300 e. The van der Waals surface area contributed by atoms with E-state index in [9.17, 15) is 0 Å². The molecule has 0 bridgehead atoms. The molecule has 2 atom stereocenters. The standard InChI is InChI=1S/C11H21N.C3H8/c1-2-12-9-5-7-10-6-3-4-8-11(10)12;1-3-2/h10-11H,2-9H2,1H3;3H2,1-2H3. The molecule has 2 rings (SSSR count). The van der Waals surface area contributed by atoms with Crippen molar-refractivity contribution < 1.29 is 0 Å². The van der Waals surface area contributed by atoms with Crippen molar-refractivity contribution in [1.82, 2.24) is 4.90 Å². The summed E-state index contributed by atoms with van der Waals surface area (Å²) in [6, 6.07) is 0.970. The van der Waals surface area contributed by atoms with Gasteiger partial charge in [-0.25, -0.2) is 0 Å². The van der Waals surface area contributed by atoms with Gasteiger partial charge in [0.15, 0.2) is 0 Å². The van der Waals surface area contributed by atoms with Gasteiger partial charge in [0.1, 0.15) is 0 Å². The van der Waals surface area contributed by atoms with Crippen LogP contribution in [0.2, 0.25) is 0 Å². The van der Waals surface area contributed by atoms with E-state index in [1.807, 2.05) is 0 Å². The highest BCUT2D eigenvalue weighted by Crippen LogP contribution is 2.34. The van der Waals surface area contributed by atoms with E-state index in [4.69, 9.17) is 0 Å². The van der Waals surface area contributed by atoms with Crippen molar-refractivity contribution in [2.75, 3.05) is 13.1 Å². The molecule has 90 valence electrons. The lowest BCUT2D eigenvalue weighted by molar-refractivity contribution is 0.0657. The van der Waals surface area contributed by atoms with Gasteiger partial charge in [0.2, 0.25) is 0 Å². The van der Waals surface area contributed by atoms with E-state index >= 15 is 0 Å². The number of piperidine rings is 1. The third kappa shape index (κ3) is 3.79. The smallest absolute Gasteiger partial charge is 0.0123 e. The first-order valence-electron chi connectivity index (χ1n) is 7.07. The maximum atomic E-state index is 2.72. The number of likely N-dealkylation sites (tertiary alicyclic amines) is 1. The topological polar surface area (TPSA) is 3.24 Å². The van der Waals surface area contributed by atoms with Crippen LogP contribution in [0.5, 0.6) is 0 Å². The number of hydrogen-bond acceptors (Lipinski definition) is 1. The minimum atomic E-state index is 0.970. The Kier molecular flexibility index (Phi) is 6.31. The van der Waals surface area contributed by atoms with E-state index in [2.05, 4.69) is 25.7 Å². The zero-order valence-corrected chi connectivity index (χ0v) is 11.0. The fourth-order valence-corrected chi connectivity index (χ4v) is 3.12. The Morgan fingerprint density at radius 1 is 0.933 bits per heavy atom. The van der Waals surface area contributed by atoms with Crippen LogP contribution in [0, 0.1) is 5.92 Å². The van der Waals surface area contributed by atoms with Crippen LogP contribution in [0.3, 0.4) is 0 Å². The Labute approximate surface area is 96.2 Å². The molecule has 1 heteroatoms. The molecule has 1 saturated heterocycles. The highest BCUT2D eigenvalue weighted by Gasteiger charge is 2.31. The van der Waals surface area contributed by atoms with E-state index in [1.54, 1.807) is 0 Å². The van der Waals surface area contributed by atoms with Crippen LogP contribution in [0.15, 0.2) is 0 Å². The number of hydrogen-bond donors (Lipinski definition) is 0. The molecule has 0 radical (unpaired) electrons. The van der Waals surface area contributed by atoms with Crippen molar-refractivity contribution in [3.8, 4) is 0 Å². The van der Waals surface area contributed by atoms with Crippen molar-refractivity contribution in [1.29, 1.82) is 0 Å². The average Bonchev–Trinajstić information content (AvgIpc) is 2.29. The quantitative estimate of drug-likeness (QED) is 0.632. The number of fused-ring (bicyclic) bond motifs is 1. The lowest BCUT2D eigenvalue weighted by Gasteiger charge is -2.43. The number of nitrogens with zero attached hydrogens (tertiary/aromatic N) is 1. The molecule has 1 saturated carbocycles. The van der Waals surface area contributed by atoms with Gasteiger partial charge in [-0.2, -0.15) is 0 Å². The third-order valence-electron chi connectivity index (χ3n) is 3.76. The minimum Gasteiger partial charge on any atom is -0.300 e. The van der Waals surface area contributed by atoms with Gasteiger partial charge in [-0.1, -0.05) is 40.0 Å². The Bertz CT molecular complexity index is 147. The Morgan fingerprint density at radius 3 is 2.20 bits per heavy atom. The van der Waals surface area contributed by atoms with Crippen LogP contribution in [0.4, 0.5) is 0 Å². The van der Waals surface area contributed by atoms with Gasteiger partial charge in [-0.3, -0.25) is 0 Å². The van der Waals surface area contributed by atoms with Gasteiger partial charge in [-0.05, 0) is 44.7 Å². The van der Waals surface area contributed by atoms with Crippen LogP contribution in [0.25, 0.3) is 0 Å². The van der Waals surface area contributed by atoms with Crippen LogP contribution in [-0.2, 0) is 0 Å². The second-order valence-corrected chi connectivity index (χ2v) is 5.09. The predicted octanol–water partition coefficient (Wildman–Crippen LogP) is 4.08. The van der Waals surface area contributed by atoms with E-state index in [-0.39, 0.29) is 0 Å². The molecule has 1 nitrogen and oxygen atoms in total. The molecule has 2 unspecified atom stereocenters. The fourth-order valence-electron chi connectivity index (χ4n) is 3.12. The normalized spacial score (nSPS) is 31.4. The summed E-state index contributed by atoms with van der Waals surface area (Å²) in [7, 11) is 0. The highest BCUT2D eigenvalue weighted by molar-refractivity contribution is 4.86. The Balaban J connectivity index is 0.000000337. The summed E-state index contributed by atoms with van der Waals surface area (Å²) in [6.07, 6.45) is 10.2. The molecule has 2 aliphatic rings. The zero-order valence-electron chi connectivity index (χ0n) is 11.0. The summed E-state index contributed by atoms with van der Waals surface area (Å²) in [5.41, 5.74) is 0. The Morgan fingerprint density at radius 2 is 1.53 bits per heavy atom. The Hall–Kier alpha value is -0.0400. The second-order valence-electron chi connectivity index (χ2n) is 5.09. The third-order valence-corrected chi connectivity index (χ3v) is 3.76. The van der Waals surface area contributed by atoms with Gasteiger partial charge in [0.25, 0.3) is 0 Å². The van der Waals surface area contributed by atoms with E-state index in [1.165, 1.54) is 58.0 Å². The van der Waals surface area contributed by atoms with Crippen molar-refractivity contribution in [3.63, 3.8) is 0 Å². The van der Waals surface area contributed by atoms with Crippen LogP contribution in [-0.4, -0.2) is 24.0 Å². The van der Waals surface area contributed by atoms with Crippen molar-refractivity contribution in [2.24, 2.45) is 5.92 Å². The summed E-state index contributed by atoms with van der Waals surface area (Å²) < 4.78 is 0. The molecule has 0 N–H and O–H groups in total. The summed E-state index contributed by atoms with van der Waals surface area (Å²) >= 11 is 0. The fraction of sp³-hybridized carbons (Fsp3) is 1.00. The monoisotopic (exact) mass is 211 g/mol. The molecular weight excluding hydrogens is 182 g/mol. The van der Waals surface area contributed by atoms with Gasteiger partial charge in [0.05, 0.1) is 0 Å². The lowest BCUT2D eigenvalue weighted by Crippen LogP contribution is -2.46.